The van der Waals surface area contributed by atoms with Crippen LogP contribution in [-0.2, 0) is 13.5 Å². The molecule has 0 bridgehead atoms. The third-order valence-corrected chi connectivity index (χ3v) is 4.61. The number of aromatic nitrogens is 5. The molecule has 0 fully saturated rings. The smallest absolute Gasteiger partial charge is 0.154 e. The Labute approximate surface area is 150 Å². The number of rotatable bonds is 6. The average Bonchev–Trinajstić information content (AvgIpc) is 3.15. The molecule has 0 N–H and O–H groups in total. The number of aryl methyl sites for hydroxylation is 1. The SMILES string of the molecule is CCCC(C)c1nc(Cc2cccn2C)n(-c2cncc(Br)c2)n1. The van der Waals surface area contributed by atoms with Crippen molar-refractivity contribution in [2.45, 2.75) is 39.0 Å². The van der Waals surface area contributed by atoms with Crippen molar-refractivity contribution < 1.29 is 0 Å². The van der Waals surface area contributed by atoms with E-state index in [0.29, 0.717) is 5.92 Å². The van der Waals surface area contributed by atoms with E-state index < -0.39 is 0 Å². The van der Waals surface area contributed by atoms with Crippen LogP contribution in [0.3, 0.4) is 0 Å². The number of pyridine rings is 1. The van der Waals surface area contributed by atoms with Crippen molar-refractivity contribution in [1.29, 1.82) is 0 Å². The van der Waals surface area contributed by atoms with Crippen molar-refractivity contribution in [3.8, 4) is 5.69 Å². The third-order valence-electron chi connectivity index (χ3n) is 4.18. The largest absolute Gasteiger partial charge is 0.354 e. The minimum Gasteiger partial charge on any atom is -0.354 e. The van der Waals surface area contributed by atoms with Crippen molar-refractivity contribution in [2.24, 2.45) is 7.05 Å². The van der Waals surface area contributed by atoms with Gasteiger partial charge in [-0.05, 0) is 40.5 Å². The molecular formula is C18H22BrN5. The summed E-state index contributed by atoms with van der Waals surface area (Å²) in [5.41, 5.74) is 2.14. The fourth-order valence-corrected chi connectivity index (χ4v) is 3.17. The van der Waals surface area contributed by atoms with Crippen molar-refractivity contribution in [2.75, 3.05) is 0 Å². The lowest BCUT2D eigenvalue weighted by molar-refractivity contribution is 0.623. The van der Waals surface area contributed by atoms with E-state index in [1.807, 2.05) is 16.9 Å². The lowest BCUT2D eigenvalue weighted by Crippen LogP contribution is -2.06. The first-order valence-electron chi connectivity index (χ1n) is 8.25. The Balaban J connectivity index is 2.02. The van der Waals surface area contributed by atoms with E-state index in [0.717, 1.165) is 41.1 Å². The zero-order chi connectivity index (χ0) is 17.1. The van der Waals surface area contributed by atoms with Gasteiger partial charge in [-0.25, -0.2) is 9.67 Å². The summed E-state index contributed by atoms with van der Waals surface area (Å²) in [5.74, 6) is 2.19. The van der Waals surface area contributed by atoms with Crippen LogP contribution in [0.25, 0.3) is 5.69 Å². The van der Waals surface area contributed by atoms with Gasteiger partial charge in [-0.3, -0.25) is 4.98 Å². The summed E-state index contributed by atoms with van der Waals surface area (Å²) >= 11 is 3.49. The number of hydrogen-bond acceptors (Lipinski definition) is 3. The summed E-state index contributed by atoms with van der Waals surface area (Å²) in [5, 5.41) is 4.79. The molecule has 1 unspecified atom stereocenters. The van der Waals surface area contributed by atoms with E-state index in [1.54, 1.807) is 6.20 Å². The van der Waals surface area contributed by atoms with Gasteiger partial charge in [0.25, 0.3) is 0 Å². The van der Waals surface area contributed by atoms with Crippen LogP contribution in [0.2, 0.25) is 0 Å². The molecule has 0 amide bonds. The normalized spacial score (nSPS) is 12.5. The lowest BCUT2D eigenvalue weighted by Gasteiger charge is -2.07. The van der Waals surface area contributed by atoms with Crippen LogP contribution in [0.4, 0.5) is 0 Å². The highest BCUT2D eigenvalue weighted by molar-refractivity contribution is 9.10. The third kappa shape index (κ3) is 3.59. The highest BCUT2D eigenvalue weighted by Gasteiger charge is 2.17. The molecule has 1 atom stereocenters. The molecule has 0 saturated carbocycles. The van der Waals surface area contributed by atoms with Crippen LogP contribution in [0.1, 0.15) is 49.9 Å². The van der Waals surface area contributed by atoms with E-state index >= 15 is 0 Å². The van der Waals surface area contributed by atoms with E-state index in [-0.39, 0.29) is 0 Å². The highest BCUT2D eigenvalue weighted by Crippen LogP contribution is 2.22. The lowest BCUT2D eigenvalue weighted by atomic mass is 10.1. The van der Waals surface area contributed by atoms with Crippen LogP contribution in [0.5, 0.6) is 0 Å². The molecule has 0 radical (unpaired) electrons. The first-order valence-corrected chi connectivity index (χ1v) is 9.04. The van der Waals surface area contributed by atoms with E-state index in [1.165, 1.54) is 5.69 Å². The first kappa shape index (κ1) is 16.9. The molecule has 126 valence electrons. The molecule has 0 aliphatic rings. The fraction of sp³-hybridized carbons (Fsp3) is 0.389. The standard InChI is InChI=1S/C18H22BrN5/c1-4-6-13(2)18-21-17(10-15-7-5-8-23(15)3)24(22-18)16-9-14(19)11-20-12-16/h5,7-9,11-13H,4,6,10H2,1-3H3. The predicted octanol–water partition coefficient (Wildman–Crippen LogP) is 4.26. The van der Waals surface area contributed by atoms with Crippen LogP contribution in [0.15, 0.2) is 41.3 Å². The van der Waals surface area contributed by atoms with Gasteiger partial charge in [0.2, 0.25) is 0 Å². The molecule has 3 aromatic rings. The Hall–Kier alpha value is -1.95. The summed E-state index contributed by atoms with van der Waals surface area (Å²) in [6, 6.07) is 6.19. The molecular weight excluding hydrogens is 366 g/mol. The Morgan fingerprint density at radius 1 is 1.29 bits per heavy atom. The van der Waals surface area contributed by atoms with Gasteiger partial charge in [0.05, 0.1) is 11.9 Å². The summed E-state index contributed by atoms with van der Waals surface area (Å²) in [4.78, 5) is 9.11. The van der Waals surface area contributed by atoms with Crippen molar-refractivity contribution in [1.82, 2.24) is 24.3 Å². The molecule has 3 rings (SSSR count). The Kier molecular flexibility index (Phi) is 5.14. The van der Waals surface area contributed by atoms with Gasteiger partial charge in [-0.15, -0.1) is 0 Å². The molecule has 24 heavy (non-hydrogen) atoms. The van der Waals surface area contributed by atoms with Gasteiger partial charge >= 0.3 is 0 Å². The summed E-state index contributed by atoms with van der Waals surface area (Å²) in [6.45, 7) is 4.38. The maximum Gasteiger partial charge on any atom is 0.154 e. The molecule has 0 aliphatic carbocycles. The minimum absolute atomic E-state index is 0.350. The Morgan fingerprint density at radius 3 is 2.79 bits per heavy atom. The van der Waals surface area contributed by atoms with Gasteiger partial charge < -0.3 is 4.57 Å². The molecule has 0 spiro atoms. The predicted molar refractivity (Wildman–Crippen MR) is 98.4 cm³/mol. The summed E-state index contributed by atoms with van der Waals surface area (Å²) < 4.78 is 4.98. The van der Waals surface area contributed by atoms with Crippen LogP contribution < -0.4 is 0 Å². The molecule has 0 saturated heterocycles. The van der Waals surface area contributed by atoms with Crippen LogP contribution in [0, 0.1) is 0 Å². The monoisotopic (exact) mass is 387 g/mol. The second kappa shape index (κ2) is 7.30. The zero-order valence-electron chi connectivity index (χ0n) is 14.3. The number of halogens is 1. The maximum absolute atomic E-state index is 4.85. The second-order valence-corrected chi connectivity index (χ2v) is 7.05. The van der Waals surface area contributed by atoms with Crippen LogP contribution in [-0.4, -0.2) is 24.3 Å². The van der Waals surface area contributed by atoms with Gasteiger partial charge in [-0.2, -0.15) is 5.10 Å². The topological polar surface area (TPSA) is 48.5 Å². The maximum atomic E-state index is 4.85. The van der Waals surface area contributed by atoms with E-state index in [9.17, 15) is 0 Å². The van der Waals surface area contributed by atoms with E-state index in [4.69, 9.17) is 10.1 Å². The molecule has 3 heterocycles. The quantitative estimate of drug-likeness (QED) is 0.634. The van der Waals surface area contributed by atoms with Crippen molar-refractivity contribution >= 4 is 15.9 Å². The first-order chi connectivity index (χ1) is 11.6. The molecule has 3 aromatic heterocycles. The highest BCUT2D eigenvalue weighted by atomic mass is 79.9. The van der Waals surface area contributed by atoms with Gasteiger partial charge in [0.1, 0.15) is 5.82 Å². The van der Waals surface area contributed by atoms with Crippen molar-refractivity contribution in [3.63, 3.8) is 0 Å². The molecule has 5 nitrogen and oxygen atoms in total. The fourth-order valence-electron chi connectivity index (χ4n) is 2.81. The number of nitrogens with zero attached hydrogens (tertiary/aromatic N) is 5. The molecule has 0 aromatic carbocycles. The number of hydrogen-bond donors (Lipinski definition) is 0. The average molecular weight is 388 g/mol. The summed E-state index contributed by atoms with van der Waals surface area (Å²) in [7, 11) is 2.05. The van der Waals surface area contributed by atoms with Gasteiger partial charge in [0.15, 0.2) is 5.82 Å². The van der Waals surface area contributed by atoms with Crippen molar-refractivity contribution in [3.05, 3.63) is 58.6 Å². The zero-order valence-corrected chi connectivity index (χ0v) is 15.9. The van der Waals surface area contributed by atoms with Gasteiger partial charge in [0, 0.05) is 41.9 Å². The minimum atomic E-state index is 0.350. The molecule has 0 aliphatic heterocycles. The van der Waals surface area contributed by atoms with E-state index in [2.05, 4.69) is 64.7 Å². The van der Waals surface area contributed by atoms with Crippen LogP contribution >= 0.6 is 15.9 Å². The molecule has 6 heteroatoms. The Bertz CT molecular complexity index is 820. The van der Waals surface area contributed by atoms with Gasteiger partial charge in [-0.1, -0.05) is 20.3 Å². The summed E-state index contributed by atoms with van der Waals surface area (Å²) in [6.07, 6.45) is 8.60. The second-order valence-electron chi connectivity index (χ2n) is 6.14. The Morgan fingerprint density at radius 2 is 2.12 bits per heavy atom.